The summed E-state index contributed by atoms with van der Waals surface area (Å²) in [7, 11) is 0. The van der Waals surface area contributed by atoms with Crippen LogP contribution in [0.3, 0.4) is 0 Å². The highest BCUT2D eigenvalue weighted by molar-refractivity contribution is 7.99. The summed E-state index contributed by atoms with van der Waals surface area (Å²) in [6, 6.07) is 6.04. The van der Waals surface area contributed by atoms with Gasteiger partial charge in [-0.2, -0.15) is 0 Å². The normalized spacial score (nSPS) is 11.9. The van der Waals surface area contributed by atoms with Crippen molar-refractivity contribution in [3.63, 3.8) is 0 Å². The number of likely N-dealkylation sites (N-methyl/N-ethyl adjacent to an activating group) is 1. The van der Waals surface area contributed by atoms with Gasteiger partial charge in [0.1, 0.15) is 0 Å². The molecule has 29 heavy (non-hydrogen) atoms. The predicted octanol–water partition coefficient (Wildman–Crippen LogP) is 2.81. The number of para-hydroxylation sites is 1. The van der Waals surface area contributed by atoms with Crippen molar-refractivity contribution in [1.82, 2.24) is 20.4 Å². The smallest absolute Gasteiger partial charge is 0.277 e. The fraction of sp³-hybridized carbons (Fsp3) is 0.474. The molecule has 2 aromatic rings. The third-order valence-electron chi connectivity index (χ3n) is 3.75. The number of amides is 2. The van der Waals surface area contributed by atoms with Crippen LogP contribution in [0.2, 0.25) is 0 Å². The van der Waals surface area contributed by atoms with Gasteiger partial charge in [0.25, 0.3) is 11.1 Å². The number of thioether (sulfide) groups is 1. The summed E-state index contributed by atoms with van der Waals surface area (Å²) in [6.45, 7) is 7.58. The maximum Gasteiger partial charge on any atom is 0.277 e. The van der Waals surface area contributed by atoms with Crippen LogP contribution in [0.1, 0.15) is 39.7 Å². The van der Waals surface area contributed by atoms with Gasteiger partial charge in [0.2, 0.25) is 11.8 Å². The standard InChI is InChI=1S/C19H25FN4O4S/c1-5-24(10-16(25)21-12(2)3)17(26)11-29-19-23-22-18(28-19)13(4)27-15-9-7-6-8-14(15)20/h6-9,12-13H,5,10-11H2,1-4H3,(H,21,25). The molecule has 2 amide bonds. The van der Waals surface area contributed by atoms with E-state index in [4.69, 9.17) is 9.15 Å². The van der Waals surface area contributed by atoms with Crippen molar-refractivity contribution in [3.8, 4) is 5.75 Å². The van der Waals surface area contributed by atoms with Gasteiger partial charge < -0.3 is 19.4 Å². The van der Waals surface area contributed by atoms with E-state index >= 15 is 0 Å². The number of aromatic nitrogens is 2. The molecule has 1 unspecified atom stereocenters. The summed E-state index contributed by atoms with van der Waals surface area (Å²) in [5.74, 6) is -0.605. The van der Waals surface area contributed by atoms with Crippen LogP contribution in [0.5, 0.6) is 5.75 Å². The Morgan fingerprint density at radius 1 is 1.28 bits per heavy atom. The molecule has 0 spiro atoms. The molecule has 10 heteroatoms. The summed E-state index contributed by atoms with van der Waals surface area (Å²) in [4.78, 5) is 25.7. The molecule has 0 bridgehead atoms. The highest BCUT2D eigenvalue weighted by Gasteiger charge is 2.20. The van der Waals surface area contributed by atoms with E-state index in [1.807, 2.05) is 13.8 Å². The minimum Gasteiger partial charge on any atom is -0.478 e. The van der Waals surface area contributed by atoms with E-state index in [9.17, 15) is 14.0 Å². The fourth-order valence-electron chi connectivity index (χ4n) is 2.36. The lowest BCUT2D eigenvalue weighted by Crippen LogP contribution is -2.43. The number of hydrogen-bond donors (Lipinski definition) is 1. The number of ether oxygens (including phenoxy) is 1. The van der Waals surface area contributed by atoms with Crippen LogP contribution in [-0.2, 0) is 9.59 Å². The summed E-state index contributed by atoms with van der Waals surface area (Å²) < 4.78 is 24.7. The molecular formula is C19H25FN4O4S. The first kappa shape index (κ1) is 22.7. The van der Waals surface area contributed by atoms with Gasteiger partial charge in [-0.05, 0) is 39.8 Å². The molecule has 0 saturated carbocycles. The summed E-state index contributed by atoms with van der Waals surface area (Å²) in [5.41, 5.74) is 0. The molecule has 1 aromatic carbocycles. The van der Waals surface area contributed by atoms with Crippen LogP contribution in [0.4, 0.5) is 4.39 Å². The number of benzene rings is 1. The van der Waals surface area contributed by atoms with Crippen LogP contribution in [0, 0.1) is 5.82 Å². The minimum absolute atomic E-state index is 0.00330. The predicted molar refractivity (Wildman–Crippen MR) is 106 cm³/mol. The number of hydrogen-bond acceptors (Lipinski definition) is 7. The second kappa shape index (κ2) is 10.8. The molecule has 2 rings (SSSR count). The van der Waals surface area contributed by atoms with Gasteiger partial charge in [-0.25, -0.2) is 4.39 Å². The third kappa shape index (κ3) is 7.04. The average Bonchev–Trinajstić information content (AvgIpc) is 3.14. The Morgan fingerprint density at radius 3 is 2.66 bits per heavy atom. The molecule has 8 nitrogen and oxygen atoms in total. The van der Waals surface area contributed by atoms with Gasteiger partial charge in [0.05, 0.1) is 12.3 Å². The molecule has 0 radical (unpaired) electrons. The van der Waals surface area contributed by atoms with E-state index in [1.54, 1.807) is 26.0 Å². The Bertz CT molecular complexity index is 830. The summed E-state index contributed by atoms with van der Waals surface area (Å²) in [5, 5.41) is 10.7. The maximum absolute atomic E-state index is 13.7. The molecule has 0 aliphatic rings. The lowest BCUT2D eigenvalue weighted by molar-refractivity contribution is -0.134. The fourth-order valence-corrected chi connectivity index (χ4v) is 3.03. The maximum atomic E-state index is 13.7. The Hall–Kier alpha value is -2.62. The van der Waals surface area contributed by atoms with Crippen molar-refractivity contribution >= 4 is 23.6 Å². The molecule has 0 aliphatic carbocycles. The zero-order valence-electron chi connectivity index (χ0n) is 16.8. The number of rotatable bonds is 10. The van der Waals surface area contributed by atoms with Gasteiger partial charge in [0, 0.05) is 12.6 Å². The van der Waals surface area contributed by atoms with E-state index in [-0.39, 0.29) is 47.0 Å². The quantitative estimate of drug-likeness (QED) is 0.586. The van der Waals surface area contributed by atoms with Crippen molar-refractivity contribution < 1.29 is 23.1 Å². The van der Waals surface area contributed by atoms with E-state index in [1.165, 1.54) is 17.0 Å². The van der Waals surface area contributed by atoms with E-state index in [0.29, 0.717) is 6.54 Å². The van der Waals surface area contributed by atoms with Crippen LogP contribution >= 0.6 is 11.8 Å². The van der Waals surface area contributed by atoms with Crippen LogP contribution in [0.15, 0.2) is 33.9 Å². The molecule has 1 N–H and O–H groups in total. The average molecular weight is 424 g/mol. The van der Waals surface area contributed by atoms with Crippen molar-refractivity contribution in [2.24, 2.45) is 0 Å². The second-order valence-electron chi connectivity index (χ2n) is 6.52. The zero-order chi connectivity index (χ0) is 21.4. The SMILES string of the molecule is CCN(CC(=O)NC(C)C)C(=O)CSc1nnc(C(C)Oc2ccccc2F)o1. The number of nitrogens with one attached hydrogen (secondary N) is 1. The minimum atomic E-state index is -0.656. The molecule has 0 aliphatic heterocycles. The molecule has 1 aromatic heterocycles. The van der Waals surface area contributed by atoms with E-state index in [2.05, 4.69) is 15.5 Å². The highest BCUT2D eigenvalue weighted by Crippen LogP contribution is 2.25. The van der Waals surface area contributed by atoms with Gasteiger partial charge in [-0.3, -0.25) is 9.59 Å². The van der Waals surface area contributed by atoms with Crippen molar-refractivity contribution in [1.29, 1.82) is 0 Å². The Kier molecular flexibility index (Phi) is 8.44. The summed E-state index contributed by atoms with van der Waals surface area (Å²) in [6.07, 6.45) is -0.656. The van der Waals surface area contributed by atoms with Crippen molar-refractivity contribution in [2.75, 3.05) is 18.8 Å². The Balaban J connectivity index is 1.88. The number of halogens is 1. The lowest BCUT2D eigenvalue weighted by atomic mass is 10.3. The number of carbonyl (C=O) groups is 2. The van der Waals surface area contributed by atoms with Gasteiger partial charge >= 0.3 is 0 Å². The lowest BCUT2D eigenvalue weighted by Gasteiger charge is -2.20. The van der Waals surface area contributed by atoms with Crippen LogP contribution in [-0.4, -0.2) is 51.8 Å². The van der Waals surface area contributed by atoms with Crippen molar-refractivity contribution in [3.05, 3.63) is 36.0 Å². The topological polar surface area (TPSA) is 97.6 Å². The van der Waals surface area contributed by atoms with Gasteiger partial charge in [0.15, 0.2) is 17.7 Å². The van der Waals surface area contributed by atoms with Crippen LogP contribution < -0.4 is 10.1 Å². The van der Waals surface area contributed by atoms with Gasteiger partial charge in [-0.1, -0.05) is 23.9 Å². The molecule has 158 valence electrons. The third-order valence-corrected chi connectivity index (χ3v) is 4.55. The molecule has 1 heterocycles. The largest absolute Gasteiger partial charge is 0.478 e. The first-order chi connectivity index (χ1) is 13.8. The number of carbonyl (C=O) groups excluding carboxylic acids is 2. The van der Waals surface area contributed by atoms with Crippen LogP contribution in [0.25, 0.3) is 0 Å². The monoisotopic (exact) mass is 424 g/mol. The molecular weight excluding hydrogens is 399 g/mol. The van der Waals surface area contributed by atoms with Gasteiger partial charge in [-0.15, -0.1) is 10.2 Å². The Morgan fingerprint density at radius 2 is 2.00 bits per heavy atom. The van der Waals surface area contributed by atoms with E-state index < -0.39 is 11.9 Å². The van der Waals surface area contributed by atoms with Crippen molar-refractivity contribution in [2.45, 2.75) is 45.1 Å². The van der Waals surface area contributed by atoms with E-state index in [0.717, 1.165) is 11.8 Å². The first-order valence-electron chi connectivity index (χ1n) is 9.24. The highest BCUT2D eigenvalue weighted by atomic mass is 32.2. The summed E-state index contributed by atoms with van der Waals surface area (Å²) >= 11 is 1.07. The molecule has 0 fully saturated rings. The second-order valence-corrected chi connectivity index (χ2v) is 7.44. The first-order valence-corrected chi connectivity index (χ1v) is 10.2. The number of nitrogens with zero attached hydrogens (tertiary/aromatic N) is 3. The molecule has 0 saturated heterocycles. The molecule has 1 atom stereocenters. The Labute approximate surface area is 173 Å². The zero-order valence-corrected chi connectivity index (χ0v) is 17.7.